The normalized spacial score (nSPS) is 14.0. The average molecular weight is 1100 g/mol. The van der Waals surface area contributed by atoms with E-state index in [2.05, 4.69) is 74.7 Å². The van der Waals surface area contributed by atoms with Crippen LogP contribution in [-0.2, 0) is 27.9 Å². The number of rotatable bonds is 59. The predicted molar refractivity (Wildman–Crippen MR) is 330 cm³/mol. The molecule has 1 N–H and O–H groups in total. The molecule has 0 rings (SSSR count). The monoisotopic (exact) mass is 1100 g/mol. The SMILES string of the molecule is CCCCC/C=C\C/C=C\CCCCCCCCCCCCCC(=O)NC(COP(=O)([O-])OCC[N+](C)(C)C)C(/C=C/CCCCCCCCCCC)OC(=O)CCCCCCCCCCC/C=C\C/C=C\CCCCC. The average Bonchev–Trinajstić information content (AvgIpc) is 3.39. The lowest BCUT2D eigenvalue weighted by atomic mass is 10.0. The third-order valence-corrected chi connectivity index (χ3v) is 15.4. The summed E-state index contributed by atoms with van der Waals surface area (Å²) in [7, 11) is 1.18. The van der Waals surface area contributed by atoms with Crippen molar-refractivity contribution < 1.29 is 37.3 Å². The lowest BCUT2D eigenvalue weighted by molar-refractivity contribution is -0.870. The zero-order valence-corrected chi connectivity index (χ0v) is 52.3. The number of allylic oxidation sites excluding steroid dienone is 9. The van der Waals surface area contributed by atoms with Crippen LogP contribution in [0.3, 0.4) is 0 Å². The fourth-order valence-corrected chi connectivity index (χ4v) is 10.1. The van der Waals surface area contributed by atoms with Crippen molar-refractivity contribution in [2.45, 2.75) is 315 Å². The molecule has 0 aromatic rings. The minimum atomic E-state index is -4.70. The Kier molecular flexibility index (Phi) is 55.3. The van der Waals surface area contributed by atoms with Gasteiger partial charge < -0.3 is 28.5 Å². The molecule has 3 unspecified atom stereocenters. The van der Waals surface area contributed by atoms with Crippen molar-refractivity contribution in [2.75, 3.05) is 40.9 Å². The predicted octanol–water partition coefficient (Wildman–Crippen LogP) is 19.6. The highest BCUT2D eigenvalue weighted by atomic mass is 31.2. The Morgan fingerprint density at radius 3 is 1.19 bits per heavy atom. The number of esters is 1. The van der Waals surface area contributed by atoms with Crippen molar-refractivity contribution in [1.29, 1.82) is 0 Å². The number of ether oxygens (including phenoxy) is 1. The van der Waals surface area contributed by atoms with Crippen LogP contribution in [0.5, 0.6) is 0 Å². The van der Waals surface area contributed by atoms with Crippen molar-refractivity contribution in [3.8, 4) is 0 Å². The summed E-state index contributed by atoms with van der Waals surface area (Å²) < 4.78 is 30.3. The van der Waals surface area contributed by atoms with Crippen LogP contribution < -0.4 is 10.2 Å². The van der Waals surface area contributed by atoms with E-state index >= 15 is 0 Å². The number of quaternary nitrogens is 1. The van der Waals surface area contributed by atoms with E-state index in [4.69, 9.17) is 13.8 Å². The first-order valence-corrected chi connectivity index (χ1v) is 34.1. The molecule has 1 amide bonds. The van der Waals surface area contributed by atoms with Crippen LogP contribution >= 0.6 is 7.82 Å². The quantitative estimate of drug-likeness (QED) is 0.0212. The number of unbranched alkanes of at least 4 members (excludes halogenated alkanes) is 35. The number of likely N-dealkylation sites (N-methyl/N-ethyl adjacent to an activating group) is 1. The van der Waals surface area contributed by atoms with Gasteiger partial charge in [0.15, 0.2) is 0 Å². The molecule has 0 aliphatic heterocycles. The Morgan fingerprint density at radius 1 is 0.455 bits per heavy atom. The van der Waals surface area contributed by atoms with Crippen LogP contribution in [0.1, 0.15) is 303 Å². The molecule has 3 atom stereocenters. The number of nitrogens with one attached hydrogen (secondary N) is 1. The second-order valence-electron chi connectivity index (χ2n) is 23.3. The molecule has 9 nitrogen and oxygen atoms in total. The van der Waals surface area contributed by atoms with E-state index < -0.39 is 20.0 Å². The van der Waals surface area contributed by atoms with Gasteiger partial charge in [-0.15, -0.1) is 0 Å². The van der Waals surface area contributed by atoms with Crippen LogP contribution in [0.15, 0.2) is 60.8 Å². The van der Waals surface area contributed by atoms with E-state index in [9.17, 15) is 19.0 Å². The number of phosphoric acid groups is 1. The summed E-state index contributed by atoms with van der Waals surface area (Å²) in [5.41, 5.74) is 0. The lowest BCUT2D eigenvalue weighted by Gasteiger charge is -2.30. The maximum atomic E-state index is 13.5. The second-order valence-corrected chi connectivity index (χ2v) is 24.7. The van der Waals surface area contributed by atoms with E-state index in [1.165, 1.54) is 193 Å². The van der Waals surface area contributed by atoms with Crippen LogP contribution in [0, 0.1) is 0 Å². The molecule has 0 heterocycles. The molecule has 0 radical (unpaired) electrons. The molecule has 77 heavy (non-hydrogen) atoms. The number of carbonyl (C=O) groups is 2. The molecule has 0 aliphatic carbocycles. The van der Waals surface area contributed by atoms with E-state index in [1.807, 2.05) is 33.3 Å². The van der Waals surface area contributed by atoms with Crippen molar-refractivity contribution >= 4 is 19.7 Å². The molecule has 0 saturated heterocycles. The van der Waals surface area contributed by atoms with Crippen molar-refractivity contribution in [3.63, 3.8) is 0 Å². The third kappa shape index (κ3) is 58.2. The fraction of sp³-hybridized carbons (Fsp3) is 0.821. The number of carbonyl (C=O) groups excluding carboxylic acids is 2. The maximum Gasteiger partial charge on any atom is 0.306 e. The van der Waals surface area contributed by atoms with E-state index in [1.54, 1.807) is 0 Å². The number of hydrogen-bond donors (Lipinski definition) is 1. The van der Waals surface area contributed by atoms with Crippen molar-refractivity contribution in [2.24, 2.45) is 0 Å². The van der Waals surface area contributed by atoms with E-state index in [0.717, 1.165) is 77.0 Å². The number of phosphoric ester groups is 1. The van der Waals surface area contributed by atoms with Gasteiger partial charge in [-0.25, -0.2) is 0 Å². The number of hydrogen-bond acceptors (Lipinski definition) is 7. The van der Waals surface area contributed by atoms with Crippen LogP contribution in [-0.4, -0.2) is 69.4 Å². The highest BCUT2D eigenvalue weighted by molar-refractivity contribution is 7.45. The van der Waals surface area contributed by atoms with Crippen LogP contribution in [0.2, 0.25) is 0 Å². The van der Waals surface area contributed by atoms with Crippen LogP contribution in [0.4, 0.5) is 0 Å². The summed E-state index contributed by atoms with van der Waals surface area (Å²) in [4.78, 5) is 40.0. The van der Waals surface area contributed by atoms with Gasteiger partial charge in [-0.05, 0) is 96.0 Å². The Labute approximate surface area is 477 Å². The van der Waals surface area contributed by atoms with Gasteiger partial charge in [0.05, 0.1) is 33.8 Å². The highest BCUT2D eigenvalue weighted by Crippen LogP contribution is 2.38. The Morgan fingerprint density at radius 2 is 0.792 bits per heavy atom. The van der Waals surface area contributed by atoms with Gasteiger partial charge in [0.2, 0.25) is 5.91 Å². The molecule has 0 aromatic heterocycles. The number of amides is 1. The van der Waals surface area contributed by atoms with Crippen molar-refractivity contribution in [3.05, 3.63) is 60.8 Å². The molecule has 0 spiro atoms. The third-order valence-electron chi connectivity index (χ3n) is 14.4. The summed E-state index contributed by atoms with van der Waals surface area (Å²) in [6.45, 7) is 6.81. The first-order valence-electron chi connectivity index (χ1n) is 32.6. The van der Waals surface area contributed by atoms with E-state index in [-0.39, 0.29) is 31.5 Å². The van der Waals surface area contributed by atoms with Gasteiger partial charge in [-0.1, -0.05) is 255 Å². The largest absolute Gasteiger partial charge is 0.756 e. The first kappa shape index (κ1) is 74.7. The molecule has 10 heteroatoms. The zero-order valence-electron chi connectivity index (χ0n) is 51.4. The standard InChI is InChI=1S/C67H125N2O7P/c1-7-10-13-16-19-22-25-27-29-31-33-34-36-37-39-41-44-47-50-53-56-59-66(70)68-64(63-75-77(72,73)74-62-61-69(4,5)6)65(58-55-52-49-46-43-24-21-18-15-12-9-3)76-67(71)60-57-54-51-48-45-42-40-38-35-32-30-28-26-23-20-17-14-11-8-2/h19-20,22-23,27-30,55,58,64-65H,7-18,21,24-26,31-54,56-57,59-63H2,1-6H3,(H-,68,70,72,73)/b22-19-,23-20-,29-27-,30-28-,58-55+. The lowest BCUT2D eigenvalue weighted by Crippen LogP contribution is -2.47. The van der Waals surface area contributed by atoms with Gasteiger partial charge in [0.25, 0.3) is 7.82 Å². The highest BCUT2D eigenvalue weighted by Gasteiger charge is 2.27. The number of nitrogens with zero attached hydrogens (tertiary/aromatic N) is 1. The molecule has 0 aliphatic rings. The molecule has 0 bridgehead atoms. The Balaban J connectivity index is 5.15. The summed E-state index contributed by atoms with van der Waals surface area (Å²) >= 11 is 0. The first-order chi connectivity index (χ1) is 37.4. The summed E-state index contributed by atoms with van der Waals surface area (Å²) in [6.07, 6.45) is 71.8. The molecular weight excluding hydrogens is 976 g/mol. The zero-order chi connectivity index (χ0) is 56.4. The second kappa shape index (κ2) is 57.0. The topological polar surface area (TPSA) is 114 Å². The summed E-state index contributed by atoms with van der Waals surface area (Å²) in [5.74, 6) is -0.541. The van der Waals surface area contributed by atoms with Crippen molar-refractivity contribution in [1.82, 2.24) is 5.32 Å². The fourth-order valence-electron chi connectivity index (χ4n) is 9.35. The molecule has 0 saturated carbocycles. The van der Waals surface area contributed by atoms with Gasteiger partial charge >= 0.3 is 5.97 Å². The summed E-state index contributed by atoms with van der Waals surface area (Å²) in [5, 5.41) is 3.03. The smallest absolute Gasteiger partial charge is 0.306 e. The Bertz CT molecular complexity index is 1500. The molecule has 450 valence electrons. The molecular formula is C67H125N2O7P. The molecule has 0 aromatic carbocycles. The van der Waals surface area contributed by atoms with E-state index in [0.29, 0.717) is 17.4 Å². The minimum Gasteiger partial charge on any atom is -0.756 e. The summed E-state index contributed by atoms with van der Waals surface area (Å²) in [6, 6.07) is -0.892. The maximum absolute atomic E-state index is 13.5. The Hall–Kier alpha value is -2.29. The van der Waals surface area contributed by atoms with Gasteiger partial charge in [0, 0.05) is 12.8 Å². The minimum absolute atomic E-state index is 0.0239. The van der Waals surface area contributed by atoms with Gasteiger partial charge in [-0.2, -0.15) is 0 Å². The van der Waals surface area contributed by atoms with Gasteiger partial charge in [0.1, 0.15) is 19.3 Å². The van der Waals surface area contributed by atoms with Gasteiger partial charge in [-0.3, -0.25) is 14.2 Å². The molecule has 0 fully saturated rings. The van der Waals surface area contributed by atoms with Crippen LogP contribution in [0.25, 0.3) is 0 Å².